The topological polar surface area (TPSA) is 60.5 Å². The van der Waals surface area contributed by atoms with Crippen LogP contribution in [0.2, 0.25) is 0 Å². The van der Waals surface area contributed by atoms with Crippen LogP contribution in [0.4, 0.5) is 0 Å². The first-order valence-corrected chi connectivity index (χ1v) is 3.05. The molecule has 3 nitrogen and oxygen atoms in total. The number of hydrogen-bond acceptors (Lipinski definition) is 3. The summed E-state index contributed by atoms with van der Waals surface area (Å²) >= 11 is 0. The predicted molar refractivity (Wildman–Crippen MR) is 38.4 cm³/mol. The molecular weight excluding hydrogens is 138 g/mol. The summed E-state index contributed by atoms with van der Waals surface area (Å²) in [6.07, 6.45) is 1.45. The molecule has 1 heterocycles. The van der Waals surface area contributed by atoms with Gasteiger partial charge in [0.25, 0.3) is 0 Å². The van der Waals surface area contributed by atoms with Crippen LogP contribution in [0.1, 0.15) is 16.8 Å². The van der Waals surface area contributed by atoms with Gasteiger partial charge in [-0.05, 0) is 13.0 Å². The molecule has 0 fully saturated rings. The van der Waals surface area contributed by atoms with Crippen molar-refractivity contribution in [2.75, 3.05) is 0 Å². The van der Waals surface area contributed by atoms with Gasteiger partial charge in [0.1, 0.15) is 12.1 Å². The van der Waals surface area contributed by atoms with E-state index in [9.17, 15) is 0 Å². The molecular formula is C8H5N3. The zero-order valence-corrected chi connectivity index (χ0v) is 6.00. The second-order valence-electron chi connectivity index (χ2n) is 2.08. The van der Waals surface area contributed by atoms with E-state index in [1.807, 2.05) is 12.1 Å². The fourth-order valence-electron chi connectivity index (χ4n) is 0.707. The van der Waals surface area contributed by atoms with Crippen molar-refractivity contribution in [3.05, 3.63) is 29.1 Å². The molecule has 52 valence electrons. The maximum Gasteiger partial charge on any atom is 0.101 e. The summed E-state index contributed by atoms with van der Waals surface area (Å²) in [5.74, 6) is 0. The minimum Gasteiger partial charge on any atom is -0.259 e. The Morgan fingerprint density at radius 3 is 2.64 bits per heavy atom. The van der Waals surface area contributed by atoms with Gasteiger partial charge in [-0.2, -0.15) is 10.5 Å². The Bertz CT molecular complexity index is 355. The van der Waals surface area contributed by atoms with Crippen molar-refractivity contribution in [3.63, 3.8) is 0 Å². The van der Waals surface area contributed by atoms with Crippen LogP contribution in [-0.4, -0.2) is 4.98 Å². The van der Waals surface area contributed by atoms with E-state index < -0.39 is 0 Å². The van der Waals surface area contributed by atoms with Crippen LogP contribution in [0.15, 0.2) is 12.3 Å². The molecule has 0 aliphatic rings. The Labute approximate surface area is 64.5 Å². The molecule has 0 radical (unpaired) electrons. The first-order chi connectivity index (χ1) is 5.27. The second kappa shape index (κ2) is 2.81. The van der Waals surface area contributed by atoms with Gasteiger partial charge < -0.3 is 0 Å². The average Bonchev–Trinajstić information content (AvgIpc) is 2.05. The van der Waals surface area contributed by atoms with Gasteiger partial charge in [-0.1, -0.05) is 0 Å². The van der Waals surface area contributed by atoms with Crippen LogP contribution in [0.3, 0.4) is 0 Å². The van der Waals surface area contributed by atoms with Crippen LogP contribution in [-0.2, 0) is 0 Å². The lowest BCUT2D eigenvalue weighted by molar-refractivity contribution is 1.17. The third kappa shape index (κ3) is 1.33. The second-order valence-corrected chi connectivity index (χ2v) is 2.08. The zero-order valence-electron chi connectivity index (χ0n) is 6.00. The fourth-order valence-corrected chi connectivity index (χ4v) is 0.707. The van der Waals surface area contributed by atoms with Crippen LogP contribution >= 0.6 is 0 Å². The molecule has 0 aliphatic heterocycles. The van der Waals surface area contributed by atoms with Gasteiger partial charge >= 0.3 is 0 Å². The number of nitrogens with zero attached hydrogens (tertiary/aromatic N) is 3. The molecule has 0 unspecified atom stereocenters. The van der Waals surface area contributed by atoms with E-state index in [-0.39, 0.29) is 0 Å². The normalized spacial score (nSPS) is 8.27. The molecule has 0 saturated carbocycles. The first kappa shape index (κ1) is 7.24. The Balaban J connectivity index is 3.29. The number of aromatic nitrogens is 1. The van der Waals surface area contributed by atoms with E-state index in [0.29, 0.717) is 16.8 Å². The molecule has 0 bridgehead atoms. The monoisotopic (exact) mass is 143 g/mol. The highest BCUT2D eigenvalue weighted by Crippen LogP contribution is 2.04. The minimum atomic E-state index is 0.423. The molecule has 0 atom stereocenters. The number of nitriles is 2. The van der Waals surface area contributed by atoms with Gasteiger partial charge in [0, 0.05) is 6.20 Å². The Morgan fingerprint density at radius 1 is 1.36 bits per heavy atom. The summed E-state index contributed by atoms with van der Waals surface area (Å²) in [6.45, 7) is 1.74. The van der Waals surface area contributed by atoms with Crippen LogP contribution in [0.5, 0.6) is 0 Å². The standard InChI is InChI=1S/C8H5N3/c1-6-8(4-10)2-7(3-9)5-11-6/h2,5H,1H3. The number of pyridine rings is 1. The maximum absolute atomic E-state index is 8.54. The Hall–Kier alpha value is -1.87. The number of aryl methyl sites for hydroxylation is 1. The summed E-state index contributed by atoms with van der Waals surface area (Å²) in [7, 11) is 0. The molecule has 1 aromatic rings. The van der Waals surface area contributed by atoms with E-state index in [1.165, 1.54) is 12.3 Å². The average molecular weight is 143 g/mol. The Kier molecular flexibility index (Phi) is 1.85. The molecule has 3 heteroatoms. The summed E-state index contributed by atoms with van der Waals surface area (Å²) < 4.78 is 0. The molecule has 11 heavy (non-hydrogen) atoms. The minimum absolute atomic E-state index is 0.423. The summed E-state index contributed by atoms with van der Waals surface area (Å²) in [5.41, 5.74) is 1.54. The maximum atomic E-state index is 8.54. The molecule has 0 spiro atoms. The Morgan fingerprint density at radius 2 is 2.09 bits per heavy atom. The van der Waals surface area contributed by atoms with Gasteiger partial charge in [-0.25, -0.2) is 0 Å². The van der Waals surface area contributed by atoms with Gasteiger partial charge in [0.15, 0.2) is 0 Å². The lowest BCUT2D eigenvalue weighted by Crippen LogP contribution is -1.88. The summed E-state index contributed by atoms with van der Waals surface area (Å²) in [4.78, 5) is 3.88. The van der Waals surface area contributed by atoms with Crippen molar-refractivity contribution in [3.8, 4) is 12.1 Å². The highest BCUT2D eigenvalue weighted by molar-refractivity contribution is 5.39. The van der Waals surface area contributed by atoms with Crippen molar-refractivity contribution >= 4 is 0 Å². The molecule has 0 saturated heterocycles. The van der Waals surface area contributed by atoms with Crippen molar-refractivity contribution in [2.24, 2.45) is 0 Å². The zero-order chi connectivity index (χ0) is 8.27. The lowest BCUT2D eigenvalue weighted by Gasteiger charge is -1.93. The van der Waals surface area contributed by atoms with Crippen molar-refractivity contribution in [1.82, 2.24) is 4.98 Å². The highest BCUT2D eigenvalue weighted by atomic mass is 14.7. The summed E-state index contributed by atoms with van der Waals surface area (Å²) in [5, 5.41) is 17.0. The fraction of sp³-hybridized carbons (Fsp3) is 0.125. The van der Waals surface area contributed by atoms with E-state index >= 15 is 0 Å². The molecule has 1 rings (SSSR count). The van der Waals surface area contributed by atoms with Gasteiger partial charge in [0.05, 0.1) is 16.8 Å². The van der Waals surface area contributed by atoms with Gasteiger partial charge in [0.2, 0.25) is 0 Å². The number of hydrogen-bond donors (Lipinski definition) is 0. The quantitative estimate of drug-likeness (QED) is 0.547. The van der Waals surface area contributed by atoms with Crippen molar-refractivity contribution < 1.29 is 0 Å². The molecule has 0 aliphatic carbocycles. The molecule has 0 N–H and O–H groups in total. The molecule has 0 amide bonds. The van der Waals surface area contributed by atoms with E-state index in [4.69, 9.17) is 10.5 Å². The van der Waals surface area contributed by atoms with Gasteiger partial charge in [-0.15, -0.1) is 0 Å². The number of rotatable bonds is 0. The molecule has 0 aromatic carbocycles. The predicted octanol–water partition coefficient (Wildman–Crippen LogP) is 1.13. The third-order valence-corrected chi connectivity index (χ3v) is 1.34. The van der Waals surface area contributed by atoms with Crippen LogP contribution in [0.25, 0.3) is 0 Å². The van der Waals surface area contributed by atoms with Crippen LogP contribution < -0.4 is 0 Å². The smallest absolute Gasteiger partial charge is 0.101 e. The molecule has 1 aromatic heterocycles. The third-order valence-electron chi connectivity index (χ3n) is 1.34. The van der Waals surface area contributed by atoms with Crippen LogP contribution in [0, 0.1) is 29.6 Å². The van der Waals surface area contributed by atoms with E-state index in [0.717, 1.165) is 0 Å². The lowest BCUT2D eigenvalue weighted by atomic mass is 10.2. The van der Waals surface area contributed by atoms with E-state index in [2.05, 4.69) is 4.98 Å². The van der Waals surface area contributed by atoms with Gasteiger partial charge in [-0.3, -0.25) is 4.98 Å². The highest BCUT2D eigenvalue weighted by Gasteiger charge is 1.98. The van der Waals surface area contributed by atoms with E-state index in [1.54, 1.807) is 6.92 Å². The van der Waals surface area contributed by atoms with Crippen molar-refractivity contribution in [2.45, 2.75) is 6.92 Å². The largest absolute Gasteiger partial charge is 0.259 e. The summed E-state index contributed by atoms with van der Waals surface area (Å²) in [6, 6.07) is 5.40. The van der Waals surface area contributed by atoms with Crippen molar-refractivity contribution in [1.29, 1.82) is 10.5 Å². The SMILES string of the molecule is Cc1ncc(C#N)cc1C#N. The first-order valence-electron chi connectivity index (χ1n) is 3.05.